The molecule has 1 fully saturated rings. The first-order valence-electron chi connectivity index (χ1n) is 10.1. The average molecular weight is 401 g/mol. The predicted molar refractivity (Wildman–Crippen MR) is 109 cm³/mol. The number of likely N-dealkylation sites (N-methyl/N-ethyl adjacent to an activating group) is 1. The molecule has 1 aromatic heterocycles. The van der Waals surface area contributed by atoms with E-state index in [2.05, 4.69) is 4.98 Å². The van der Waals surface area contributed by atoms with E-state index < -0.39 is 0 Å². The Labute approximate surface area is 170 Å². The quantitative estimate of drug-likeness (QED) is 0.808. The molecule has 1 heterocycles. The standard InChI is InChI=1S/C22H28FN3O3/c1-15-19(12-13-27)22(29)26(21(24-15)16-8-10-17(23)11-9-16)14-20(28)25(2)18-6-4-3-5-7-18/h8-11,18,27H,3-7,12-14H2,1-2H3. The maximum atomic E-state index is 13.4. The van der Waals surface area contributed by atoms with Crippen molar-refractivity contribution in [2.75, 3.05) is 13.7 Å². The normalized spacial score (nSPS) is 14.8. The molecule has 0 unspecified atom stereocenters. The summed E-state index contributed by atoms with van der Waals surface area (Å²) in [7, 11) is 1.79. The molecule has 1 N–H and O–H groups in total. The molecule has 3 rings (SSSR count). The lowest BCUT2D eigenvalue weighted by atomic mass is 9.94. The number of hydrogen-bond acceptors (Lipinski definition) is 4. The molecule has 1 aliphatic carbocycles. The van der Waals surface area contributed by atoms with Crippen molar-refractivity contribution >= 4 is 5.91 Å². The van der Waals surface area contributed by atoms with Crippen molar-refractivity contribution in [3.05, 3.63) is 51.7 Å². The Morgan fingerprint density at radius 3 is 2.52 bits per heavy atom. The van der Waals surface area contributed by atoms with Gasteiger partial charge in [0.1, 0.15) is 18.2 Å². The summed E-state index contributed by atoms with van der Waals surface area (Å²) in [6, 6.07) is 5.90. The second kappa shape index (κ2) is 9.31. The van der Waals surface area contributed by atoms with Crippen LogP contribution in [0, 0.1) is 12.7 Å². The van der Waals surface area contributed by atoms with Crippen molar-refractivity contribution in [1.82, 2.24) is 14.5 Å². The molecule has 0 aliphatic heterocycles. The summed E-state index contributed by atoms with van der Waals surface area (Å²) in [5.41, 5.74) is 1.13. The van der Waals surface area contributed by atoms with Gasteiger partial charge in [0.25, 0.3) is 5.56 Å². The van der Waals surface area contributed by atoms with Gasteiger partial charge in [0, 0.05) is 42.9 Å². The summed E-state index contributed by atoms with van der Waals surface area (Å²) >= 11 is 0. The lowest BCUT2D eigenvalue weighted by Crippen LogP contribution is -2.42. The fourth-order valence-corrected chi connectivity index (χ4v) is 3.98. The van der Waals surface area contributed by atoms with Gasteiger partial charge in [-0.15, -0.1) is 0 Å². The van der Waals surface area contributed by atoms with Gasteiger partial charge in [-0.05, 0) is 44.0 Å². The minimum Gasteiger partial charge on any atom is -0.396 e. The van der Waals surface area contributed by atoms with Gasteiger partial charge in [0.15, 0.2) is 0 Å². The van der Waals surface area contributed by atoms with E-state index in [0.29, 0.717) is 22.6 Å². The van der Waals surface area contributed by atoms with Gasteiger partial charge in [0.05, 0.1) is 0 Å². The molecule has 156 valence electrons. The molecule has 1 amide bonds. The van der Waals surface area contributed by atoms with Crippen molar-refractivity contribution in [3.63, 3.8) is 0 Å². The van der Waals surface area contributed by atoms with E-state index in [1.54, 1.807) is 31.0 Å². The third kappa shape index (κ3) is 4.72. The largest absolute Gasteiger partial charge is 0.396 e. The topological polar surface area (TPSA) is 75.4 Å². The zero-order chi connectivity index (χ0) is 21.0. The molecular weight excluding hydrogens is 373 g/mol. The molecule has 7 heteroatoms. The van der Waals surface area contributed by atoms with Crippen LogP contribution in [0.4, 0.5) is 4.39 Å². The van der Waals surface area contributed by atoms with Crippen molar-refractivity contribution in [3.8, 4) is 11.4 Å². The van der Waals surface area contributed by atoms with Crippen LogP contribution in [0.15, 0.2) is 29.1 Å². The van der Waals surface area contributed by atoms with Crippen LogP contribution in [0.25, 0.3) is 11.4 Å². The van der Waals surface area contributed by atoms with Crippen molar-refractivity contribution < 1.29 is 14.3 Å². The lowest BCUT2D eigenvalue weighted by molar-refractivity contribution is -0.133. The minimum atomic E-state index is -0.385. The van der Waals surface area contributed by atoms with Crippen LogP contribution in [0.5, 0.6) is 0 Å². The lowest BCUT2D eigenvalue weighted by Gasteiger charge is -2.31. The highest BCUT2D eigenvalue weighted by atomic mass is 19.1. The average Bonchev–Trinajstić information content (AvgIpc) is 2.73. The fourth-order valence-electron chi connectivity index (χ4n) is 3.98. The molecule has 6 nitrogen and oxygen atoms in total. The van der Waals surface area contributed by atoms with Crippen molar-refractivity contribution in [1.29, 1.82) is 0 Å². The number of aliphatic hydroxyl groups excluding tert-OH is 1. The number of carbonyl (C=O) groups is 1. The van der Waals surface area contributed by atoms with Gasteiger partial charge < -0.3 is 10.0 Å². The summed E-state index contributed by atoms with van der Waals surface area (Å²) in [6.07, 6.45) is 5.53. The summed E-state index contributed by atoms with van der Waals surface area (Å²) in [5, 5.41) is 9.32. The Morgan fingerprint density at radius 1 is 1.24 bits per heavy atom. The third-order valence-corrected chi connectivity index (χ3v) is 5.74. The number of aliphatic hydroxyl groups is 1. The molecule has 1 aliphatic rings. The Bertz CT molecular complexity index is 918. The molecule has 0 radical (unpaired) electrons. The van der Waals surface area contributed by atoms with Crippen LogP contribution in [-0.4, -0.2) is 45.2 Å². The zero-order valence-electron chi connectivity index (χ0n) is 17.0. The zero-order valence-corrected chi connectivity index (χ0v) is 17.0. The number of amides is 1. The number of halogens is 1. The number of aromatic nitrogens is 2. The van der Waals surface area contributed by atoms with E-state index in [-0.39, 0.29) is 42.9 Å². The minimum absolute atomic E-state index is 0.135. The molecular formula is C22H28FN3O3. The molecule has 0 spiro atoms. The van der Waals surface area contributed by atoms with E-state index in [1.807, 2.05) is 0 Å². The third-order valence-electron chi connectivity index (χ3n) is 5.74. The van der Waals surface area contributed by atoms with Crippen molar-refractivity contribution in [2.45, 2.75) is 58.0 Å². The predicted octanol–water partition coefficient (Wildman–Crippen LogP) is 2.68. The molecule has 1 saturated carbocycles. The number of hydrogen-bond donors (Lipinski definition) is 1. The first-order chi connectivity index (χ1) is 13.9. The Balaban J connectivity index is 2.00. The first kappa shape index (κ1) is 21.2. The summed E-state index contributed by atoms with van der Waals surface area (Å²) < 4.78 is 14.7. The highest BCUT2D eigenvalue weighted by Gasteiger charge is 2.24. The molecule has 1 aromatic carbocycles. The van der Waals surface area contributed by atoms with Crippen LogP contribution in [-0.2, 0) is 17.8 Å². The van der Waals surface area contributed by atoms with Crippen LogP contribution in [0.2, 0.25) is 0 Å². The van der Waals surface area contributed by atoms with E-state index in [0.717, 1.165) is 25.7 Å². The SMILES string of the molecule is Cc1nc(-c2ccc(F)cc2)n(CC(=O)N(C)C2CCCCC2)c(=O)c1CCO. The van der Waals surface area contributed by atoms with Gasteiger partial charge in [-0.25, -0.2) is 9.37 Å². The maximum Gasteiger partial charge on any atom is 0.257 e. The second-order valence-corrected chi connectivity index (χ2v) is 7.67. The maximum absolute atomic E-state index is 13.4. The number of carbonyl (C=O) groups excluding carboxylic acids is 1. The molecule has 0 saturated heterocycles. The molecule has 2 aromatic rings. The molecule has 0 atom stereocenters. The highest BCUT2D eigenvalue weighted by molar-refractivity contribution is 5.77. The monoisotopic (exact) mass is 401 g/mol. The second-order valence-electron chi connectivity index (χ2n) is 7.67. The smallest absolute Gasteiger partial charge is 0.257 e. The molecule has 0 bridgehead atoms. The summed E-state index contributed by atoms with van der Waals surface area (Å²) in [4.78, 5) is 32.4. The summed E-state index contributed by atoms with van der Waals surface area (Å²) in [5.74, 6) is -0.202. The van der Waals surface area contributed by atoms with Crippen molar-refractivity contribution in [2.24, 2.45) is 0 Å². The van der Waals surface area contributed by atoms with E-state index >= 15 is 0 Å². The molecule has 29 heavy (non-hydrogen) atoms. The van der Waals surface area contributed by atoms with Crippen LogP contribution < -0.4 is 5.56 Å². The van der Waals surface area contributed by atoms with Crippen LogP contribution in [0.3, 0.4) is 0 Å². The number of aryl methyl sites for hydroxylation is 1. The Hall–Kier alpha value is -2.54. The van der Waals surface area contributed by atoms with Crippen LogP contribution in [0.1, 0.15) is 43.4 Å². The Morgan fingerprint density at radius 2 is 1.90 bits per heavy atom. The number of rotatable bonds is 6. The van der Waals surface area contributed by atoms with Gasteiger partial charge in [0.2, 0.25) is 5.91 Å². The van der Waals surface area contributed by atoms with Gasteiger partial charge in [-0.3, -0.25) is 14.2 Å². The van der Waals surface area contributed by atoms with E-state index in [4.69, 9.17) is 0 Å². The van der Waals surface area contributed by atoms with Gasteiger partial charge in [-0.2, -0.15) is 0 Å². The number of benzene rings is 1. The van der Waals surface area contributed by atoms with E-state index in [1.165, 1.54) is 23.1 Å². The fraction of sp³-hybridized carbons (Fsp3) is 0.500. The number of nitrogens with zero attached hydrogens (tertiary/aromatic N) is 3. The highest BCUT2D eigenvalue weighted by Crippen LogP contribution is 2.23. The van der Waals surface area contributed by atoms with Crippen LogP contribution >= 0.6 is 0 Å². The Kier molecular flexibility index (Phi) is 6.79. The van der Waals surface area contributed by atoms with Gasteiger partial charge in [-0.1, -0.05) is 19.3 Å². The first-order valence-corrected chi connectivity index (χ1v) is 10.1. The van der Waals surface area contributed by atoms with E-state index in [9.17, 15) is 19.1 Å². The van der Waals surface area contributed by atoms with Gasteiger partial charge >= 0.3 is 0 Å². The summed E-state index contributed by atoms with van der Waals surface area (Å²) in [6.45, 7) is 1.40.